The molecule has 0 bridgehead atoms. The molecule has 0 saturated heterocycles. The number of aromatic hydroxyl groups is 1. The fourth-order valence-electron chi connectivity index (χ4n) is 2.68. The van der Waals surface area contributed by atoms with Crippen LogP contribution in [0.4, 0.5) is 5.82 Å². The van der Waals surface area contributed by atoms with Crippen molar-refractivity contribution in [2.24, 2.45) is 11.1 Å². The van der Waals surface area contributed by atoms with Crippen molar-refractivity contribution in [3.05, 3.63) is 17.8 Å². The lowest BCUT2D eigenvalue weighted by molar-refractivity contribution is -0.166. The largest absolute Gasteiger partial charge is 0.504 e. The van der Waals surface area contributed by atoms with E-state index in [0.717, 1.165) is 0 Å². The zero-order valence-electron chi connectivity index (χ0n) is 12.9. The molecule has 1 aromatic heterocycles. The third kappa shape index (κ3) is 2.49. The average Bonchev–Trinajstić information content (AvgIpc) is 2.42. The highest BCUT2D eigenvalue weighted by molar-refractivity contribution is 6.00. The van der Waals surface area contributed by atoms with Crippen LogP contribution >= 0.6 is 0 Å². The maximum Gasteiger partial charge on any atom is 0.246 e. The van der Waals surface area contributed by atoms with Gasteiger partial charge in [0.15, 0.2) is 11.6 Å². The number of hydrogen-bond acceptors (Lipinski definition) is 5. The maximum atomic E-state index is 12.5. The first-order valence-corrected chi connectivity index (χ1v) is 7.11. The van der Waals surface area contributed by atoms with E-state index in [4.69, 9.17) is 10.5 Å². The summed E-state index contributed by atoms with van der Waals surface area (Å²) in [5.41, 5.74) is 5.47. The van der Waals surface area contributed by atoms with Gasteiger partial charge in [0.05, 0.1) is 6.10 Å². The van der Waals surface area contributed by atoms with Crippen LogP contribution in [0.15, 0.2) is 12.1 Å². The molecule has 0 spiro atoms. The molecule has 4 N–H and O–H groups in total. The van der Waals surface area contributed by atoms with E-state index in [1.54, 1.807) is 13.0 Å². The van der Waals surface area contributed by atoms with Crippen molar-refractivity contribution >= 4 is 11.7 Å². The molecule has 1 heterocycles. The molecule has 21 heavy (non-hydrogen) atoms. The molecule has 0 radical (unpaired) electrons. The number of amides is 1. The first-order valence-electron chi connectivity index (χ1n) is 7.11. The molecule has 6 nitrogen and oxygen atoms in total. The fourth-order valence-corrected chi connectivity index (χ4v) is 2.68. The van der Waals surface area contributed by atoms with Gasteiger partial charge in [0.2, 0.25) is 5.91 Å². The van der Waals surface area contributed by atoms with Gasteiger partial charge in [-0.05, 0) is 26.0 Å². The predicted molar refractivity (Wildman–Crippen MR) is 80.0 cm³/mol. The lowest BCUT2D eigenvalue weighted by Gasteiger charge is -2.57. The normalized spacial score (nSPS) is 27.0. The second-order valence-corrected chi connectivity index (χ2v) is 6.12. The van der Waals surface area contributed by atoms with Gasteiger partial charge in [-0.25, -0.2) is 4.98 Å². The Morgan fingerprint density at radius 1 is 1.57 bits per heavy atom. The molecular weight excluding hydrogens is 270 g/mol. The Morgan fingerprint density at radius 3 is 2.81 bits per heavy atom. The molecule has 1 fully saturated rings. The van der Waals surface area contributed by atoms with E-state index >= 15 is 0 Å². The topological polar surface area (TPSA) is 97.5 Å². The van der Waals surface area contributed by atoms with Crippen LogP contribution in [0, 0.1) is 12.3 Å². The first-order chi connectivity index (χ1) is 9.72. The van der Waals surface area contributed by atoms with Gasteiger partial charge in [-0.15, -0.1) is 0 Å². The summed E-state index contributed by atoms with van der Waals surface area (Å²) >= 11 is 0. The number of aromatic nitrogens is 1. The van der Waals surface area contributed by atoms with E-state index in [0.29, 0.717) is 18.7 Å². The van der Waals surface area contributed by atoms with Crippen LogP contribution < -0.4 is 11.1 Å². The Hall–Kier alpha value is -1.66. The Balaban J connectivity index is 2.16. The van der Waals surface area contributed by atoms with E-state index in [1.807, 2.05) is 20.8 Å². The molecule has 1 aliphatic carbocycles. The average molecular weight is 293 g/mol. The summed E-state index contributed by atoms with van der Waals surface area (Å²) in [7, 11) is 0. The molecule has 116 valence electrons. The van der Waals surface area contributed by atoms with Gasteiger partial charge < -0.3 is 20.9 Å². The lowest BCUT2D eigenvalue weighted by atomic mass is 9.54. The zero-order valence-corrected chi connectivity index (χ0v) is 12.9. The van der Waals surface area contributed by atoms with Crippen molar-refractivity contribution in [2.45, 2.75) is 45.8 Å². The lowest BCUT2D eigenvalue weighted by Crippen LogP contribution is -2.74. The SMILES string of the molecule is CCOC1CC(N)(C(=O)Nc2nc(C)ccc2O)C1(C)C. The van der Waals surface area contributed by atoms with Crippen molar-refractivity contribution in [1.29, 1.82) is 0 Å². The van der Waals surface area contributed by atoms with Gasteiger partial charge in [0.1, 0.15) is 5.54 Å². The van der Waals surface area contributed by atoms with E-state index in [-0.39, 0.29) is 23.6 Å². The van der Waals surface area contributed by atoms with Gasteiger partial charge in [-0.1, -0.05) is 13.8 Å². The number of nitrogens with two attached hydrogens (primary N) is 1. The minimum Gasteiger partial charge on any atom is -0.504 e. The van der Waals surface area contributed by atoms with Gasteiger partial charge in [0.25, 0.3) is 0 Å². The third-order valence-electron chi connectivity index (χ3n) is 4.48. The molecule has 1 aliphatic rings. The van der Waals surface area contributed by atoms with Crippen LogP contribution in [0.25, 0.3) is 0 Å². The Kier molecular flexibility index (Phi) is 3.95. The monoisotopic (exact) mass is 293 g/mol. The number of hydrogen-bond donors (Lipinski definition) is 3. The Morgan fingerprint density at radius 2 is 2.24 bits per heavy atom. The number of anilines is 1. The van der Waals surface area contributed by atoms with Crippen molar-refractivity contribution in [2.75, 3.05) is 11.9 Å². The summed E-state index contributed by atoms with van der Waals surface area (Å²) < 4.78 is 5.61. The molecule has 1 amide bonds. The Bertz CT molecular complexity index is 559. The maximum absolute atomic E-state index is 12.5. The number of carbonyl (C=O) groups excluding carboxylic acids is 1. The second kappa shape index (κ2) is 5.27. The number of ether oxygens (including phenoxy) is 1. The highest BCUT2D eigenvalue weighted by Gasteiger charge is 2.63. The summed E-state index contributed by atoms with van der Waals surface area (Å²) in [6.07, 6.45) is 0.406. The smallest absolute Gasteiger partial charge is 0.246 e. The number of pyridine rings is 1. The molecule has 1 aromatic rings. The Labute approximate surface area is 124 Å². The highest BCUT2D eigenvalue weighted by atomic mass is 16.5. The van der Waals surface area contributed by atoms with Crippen molar-refractivity contribution in [3.8, 4) is 5.75 Å². The molecule has 2 unspecified atom stereocenters. The van der Waals surface area contributed by atoms with Gasteiger partial charge in [-0.3, -0.25) is 4.79 Å². The van der Waals surface area contributed by atoms with Crippen molar-refractivity contribution in [1.82, 2.24) is 4.98 Å². The zero-order chi connectivity index (χ0) is 15.8. The fraction of sp³-hybridized carbons (Fsp3) is 0.600. The van der Waals surface area contributed by atoms with Crippen LogP contribution in [0.1, 0.15) is 32.9 Å². The highest BCUT2D eigenvalue weighted by Crippen LogP contribution is 2.50. The molecule has 6 heteroatoms. The summed E-state index contributed by atoms with van der Waals surface area (Å²) in [6.45, 7) is 8.12. The molecule has 2 atom stereocenters. The second-order valence-electron chi connectivity index (χ2n) is 6.12. The number of rotatable bonds is 4. The molecule has 0 aromatic carbocycles. The molecule has 2 rings (SSSR count). The first kappa shape index (κ1) is 15.7. The van der Waals surface area contributed by atoms with Crippen LogP contribution in [0.2, 0.25) is 0 Å². The van der Waals surface area contributed by atoms with Crippen molar-refractivity contribution < 1.29 is 14.6 Å². The van der Waals surface area contributed by atoms with Crippen LogP contribution in [-0.2, 0) is 9.53 Å². The summed E-state index contributed by atoms with van der Waals surface area (Å²) in [4.78, 5) is 16.6. The van der Waals surface area contributed by atoms with E-state index in [1.165, 1.54) is 6.07 Å². The number of carbonyl (C=O) groups is 1. The minimum absolute atomic E-state index is 0.0442. The van der Waals surface area contributed by atoms with Gasteiger partial charge in [0, 0.05) is 24.1 Å². The van der Waals surface area contributed by atoms with Gasteiger partial charge >= 0.3 is 0 Å². The van der Waals surface area contributed by atoms with Crippen molar-refractivity contribution in [3.63, 3.8) is 0 Å². The summed E-state index contributed by atoms with van der Waals surface area (Å²) in [5.74, 6) is -0.284. The minimum atomic E-state index is -1.04. The predicted octanol–water partition coefficient (Wildman–Crippen LogP) is 1.57. The molecule has 0 aliphatic heterocycles. The van der Waals surface area contributed by atoms with E-state index < -0.39 is 11.0 Å². The molecule has 1 saturated carbocycles. The van der Waals surface area contributed by atoms with Crippen LogP contribution in [-0.4, -0.2) is 34.2 Å². The quantitative estimate of drug-likeness (QED) is 0.782. The van der Waals surface area contributed by atoms with E-state index in [9.17, 15) is 9.90 Å². The number of aryl methyl sites for hydroxylation is 1. The summed E-state index contributed by atoms with van der Waals surface area (Å²) in [6, 6.07) is 3.16. The van der Waals surface area contributed by atoms with Crippen LogP contribution in [0.3, 0.4) is 0 Å². The molecular formula is C15H23N3O3. The third-order valence-corrected chi connectivity index (χ3v) is 4.48. The van der Waals surface area contributed by atoms with Crippen LogP contribution in [0.5, 0.6) is 5.75 Å². The van der Waals surface area contributed by atoms with Gasteiger partial charge in [-0.2, -0.15) is 0 Å². The number of nitrogens with zero attached hydrogens (tertiary/aromatic N) is 1. The summed E-state index contributed by atoms with van der Waals surface area (Å²) in [5, 5.41) is 12.4. The standard InChI is InChI=1S/C15H23N3O3/c1-5-21-11-8-15(16,14(11,3)4)13(20)18-12-10(19)7-6-9(2)17-12/h6-7,11,19H,5,8,16H2,1-4H3,(H,17,18,20). The van der Waals surface area contributed by atoms with E-state index in [2.05, 4.69) is 10.3 Å². The number of nitrogens with one attached hydrogen (secondary N) is 1.